The van der Waals surface area contributed by atoms with E-state index in [-0.39, 0.29) is 19.0 Å². The van der Waals surface area contributed by atoms with Gasteiger partial charge in [0.25, 0.3) is 0 Å². The molecule has 0 spiro atoms. The number of rotatable bonds is 7. The number of amides is 2. The molecule has 0 aliphatic carbocycles. The van der Waals surface area contributed by atoms with Crippen molar-refractivity contribution in [3.8, 4) is 0 Å². The fraction of sp³-hybridized carbons (Fsp3) is 0.643. The fourth-order valence-corrected chi connectivity index (χ4v) is 2.38. The smallest absolute Gasteiger partial charge is 0.323 e. The average Bonchev–Trinajstić information content (AvgIpc) is 2.36. The van der Waals surface area contributed by atoms with Crippen molar-refractivity contribution < 1.29 is 19.5 Å². The van der Waals surface area contributed by atoms with Crippen LogP contribution in [0.5, 0.6) is 0 Å². The first-order valence-electron chi connectivity index (χ1n) is 6.74. The Bertz CT molecular complexity index is 419. The lowest BCUT2D eigenvalue weighted by atomic mass is 9.75. The summed E-state index contributed by atoms with van der Waals surface area (Å²) < 4.78 is 0. The first-order chi connectivity index (χ1) is 9.33. The van der Waals surface area contributed by atoms with Crippen molar-refractivity contribution in [2.24, 2.45) is 11.3 Å². The number of aliphatic carboxylic acids is 1. The topological polar surface area (TPSA) is 86.7 Å². The largest absolute Gasteiger partial charge is 0.480 e. The maximum atomic E-state index is 12.5. The van der Waals surface area contributed by atoms with E-state index in [0.717, 1.165) is 0 Å². The summed E-state index contributed by atoms with van der Waals surface area (Å²) in [7, 11) is 0. The van der Waals surface area contributed by atoms with E-state index in [9.17, 15) is 14.4 Å². The molecule has 6 nitrogen and oxygen atoms in total. The lowest BCUT2D eigenvalue weighted by Gasteiger charge is -2.40. The van der Waals surface area contributed by atoms with Crippen LogP contribution in [0.3, 0.4) is 0 Å². The van der Waals surface area contributed by atoms with Crippen molar-refractivity contribution in [2.45, 2.75) is 33.1 Å². The summed E-state index contributed by atoms with van der Waals surface area (Å²) in [5, 5.41) is 11.5. The fourth-order valence-electron chi connectivity index (χ4n) is 2.38. The zero-order chi connectivity index (χ0) is 15.3. The predicted octanol–water partition coefficient (Wildman–Crippen LogP) is 0.986. The number of carboxylic acids is 1. The highest BCUT2D eigenvalue weighted by Crippen LogP contribution is 2.35. The minimum atomic E-state index is -1.21. The molecule has 1 aliphatic rings. The summed E-state index contributed by atoms with van der Waals surface area (Å²) in [5.41, 5.74) is -1.21. The van der Waals surface area contributed by atoms with Crippen LogP contribution in [0.1, 0.15) is 33.1 Å². The highest BCUT2D eigenvalue weighted by Gasteiger charge is 2.49. The summed E-state index contributed by atoms with van der Waals surface area (Å²) in [5.74, 6) is -1.48. The molecule has 0 saturated carbocycles. The van der Waals surface area contributed by atoms with Crippen LogP contribution in [0.25, 0.3) is 0 Å². The van der Waals surface area contributed by atoms with Crippen molar-refractivity contribution in [1.29, 1.82) is 0 Å². The minimum Gasteiger partial charge on any atom is -0.480 e. The molecule has 1 aliphatic heterocycles. The Morgan fingerprint density at radius 2 is 2.20 bits per heavy atom. The van der Waals surface area contributed by atoms with E-state index in [4.69, 9.17) is 5.11 Å². The number of nitrogens with zero attached hydrogens (tertiary/aromatic N) is 1. The number of nitrogens with one attached hydrogen (secondary N) is 1. The summed E-state index contributed by atoms with van der Waals surface area (Å²) in [4.78, 5) is 36.7. The van der Waals surface area contributed by atoms with Gasteiger partial charge in [0.15, 0.2) is 0 Å². The molecule has 20 heavy (non-hydrogen) atoms. The molecule has 6 heteroatoms. The van der Waals surface area contributed by atoms with Gasteiger partial charge in [0.05, 0.1) is 6.67 Å². The van der Waals surface area contributed by atoms with Crippen LogP contribution >= 0.6 is 0 Å². The zero-order valence-corrected chi connectivity index (χ0v) is 12.0. The Morgan fingerprint density at radius 3 is 2.70 bits per heavy atom. The van der Waals surface area contributed by atoms with Crippen molar-refractivity contribution in [3.63, 3.8) is 0 Å². The molecule has 2 N–H and O–H groups in total. The molecule has 112 valence electrons. The van der Waals surface area contributed by atoms with Crippen LogP contribution in [-0.2, 0) is 14.4 Å². The van der Waals surface area contributed by atoms with E-state index in [1.807, 2.05) is 13.8 Å². The van der Waals surface area contributed by atoms with Gasteiger partial charge in [-0.1, -0.05) is 19.9 Å². The lowest BCUT2D eigenvalue weighted by molar-refractivity contribution is -0.161. The molecule has 0 aromatic carbocycles. The molecule has 0 aromatic rings. The van der Waals surface area contributed by atoms with Crippen molar-refractivity contribution in [2.75, 3.05) is 13.2 Å². The summed E-state index contributed by atoms with van der Waals surface area (Å²) in [6.45, 7) is 7.19. The third-order valence-electron chi connectivity index (χ3n) is 3.53. The van der Waals surface area contributed by atoms with Gasteiger partial charge in [-0.2, -0.15) is 0 Å². The van der Waals surface area contributed by atoms with Crippen LogP contribution < -0.4 is 5.32 Å². The van der Waals surface area contributed by atoms with Crippen molar-refractivity contribution >= 4 is 17.8 Å². The van der Waals surface area contributed by atoms with E-state index in [1.165, 1.54) is 4.90 Å². The molecule has 1 saturated heterocycles. The molecule has 0 aromatic heterocycles. The molecule has 1 fully saturated rings. The second-order valence-electron chi connectivity index (χ2n) is 5.57. The first kappa shape index (κ1) is 16.2. The van der Waals surface area contributed by atoms with Gasteiger partial charge in [0, 0.05) is 0 Å². The molecule has 1 heterocycles. The normalized spacial score (nSPS) is 22.9. The number of carbonyl (C=O) groups is 3. The maximum absolute atomic E-state index is 12.5. The van der Waals surface area contributed by atoms with Crippen LogP contribution in [0.4, 0.5) is 0 Å². The number of allylic oxidation sites excluding steroid dienone is 1. The van der Waals surface area contributed by atoms with Crippen molar-refractivity contribution in [3.05, 3.63) is 12.7 Å². The van der Waals surface area contributed by atoms with Gasteiger partial charge in [-0.25, -0.2) is 0 Å². The maximum Gasteiger partial charge on any atom is 0.323 e. The lowest BCUT2D eigenvalue weighted by Crippen LogP contribution is -2.62. The van der Waals surface area contributed by atoms with E-state index in [0.29, 0.717) is 18.8 Å². The molecule has 1 unspecified atom stereocenters. The standard InChI is InChI=1S/C14H22N2O4/c1-4-6-14(7-5-10(2)3)12(19)15-9-16(13(14)20)8-11(17)18/h4,10H,1,5-9H2,2-3H3,(H,15,19)(H,17,18). The molecule has 1 atom stereocenters. The second kappa shape index (κ2) is 6.54. The van der Waals surface area contributed by atoms with Gasteiger partial charge >= 0.3 is 5.97 Å². The van der Waals surface area contributed by atoms with E-state index < -0.39 is 23.8 Å². The van der Waals surface area contributed by atoms with Gasteiger partial charge in [0.1, 0.15) is 12.0 Å². The Hall–Kier alpha value is -1.85. The number of carboxylic acid groups (broad SMARTS) is 1. The SMILES string of the molecule is C=CCC1(CCC(C)C)C(=O)NCN(CC(=O)O)C1=O. The third-order valence-corrected chi connectivity index (χ3v) is 3.53. The van der Waals surface area contributed by atoms with Crippen LogP contribution in [0.15, 0.2) is 12.7 Å². The highest BCUT2D eigenvalue weighted by atomic mass is 16.4. The van der Waals surface area contributed by atoms with E-state index in [1.54, 1.807) is 6.08 Å². The number of hydrogen-bond acceptors (Lipinski definition) is 3. The molecule has 2 amide bonds. The Labute approximate surface area is 118 Å². The van der Waals surface area contributed by atoms with Crippen LogP contribution in [0.2, 0.25) is 0 Å². The molecule has 0 bridgehead atoms. The summed E-state index contributed by atoms with van der Waals surface area (Å²) >= 11 is 0. The van der Waals surface area contributed by atoms with Crippen molar-refractivity contribution in [1.82, 2.24) is 10.2 Å². The minimum absolute atomic E-state index is 0.0511. The van der Waals surface area contributed by atoms with E-state index >= 15 is 0 Å². The van der Waals surface area contributed by atoms with Gasteiger partial charge < -0.3 is 15.3 Å². The molecule has 0 radical (unpaired) electrons. The number of hydrogen-bond donors (Lipinski definition) is 2. The van der Waals surface area contributed by atoms with Gasteiger partial charge in [-0.3, -0.25) is 14.4 Å². The van der Waals surface area contributed by atoms with E-state index in [2.05, 4.69) is 11.9 Å². The molecule has 1 rings (SSSR count). The zero-order valence-electron chi connectivity index (χ0n) is 12.0. The Morgan fingerprint density at radius 1 is 1.55 bits per heavy atom. The number of carbonyl (C=O) groups excluding carboxylic acids is 2. The summed E-state index contributed by atoms with van der Waals surface area (Å²) in [6.07, 6.45) is 2.88. The van der Waals surface area contributed by atoms with Gasteiger partial charge in [-0.05, 0) is 25.2 Å². The first-order valence-corrected chi connectivity index (χ1v) is 6.74. The third kappa shape index (κ3) is 3.37. The molecular weight excluding hydrogens is 260 g/mol. The Balaban J connectivity index is 3.01. The molecular formula is C14H22N2O4. The van der Waals surface area contributed by atoms with Gasteiger partial charge in [-0.15, -0.1) is 6.58 Å². The van der Waals surface area contributed by atoms with Crippen LogP contribution in [0, 0.1) is 11.3 Å². The van der Waals surface area contributed by atoms with Gasteiger partial charge in [0.2, 0.25) is 11.8 Å². The summed E-state index contributed by atoms with van der Waals surface area (Å²) in [6, 6.07) is 0. The monoisotopic (exact) mass is 282 g/mol. The second-order valence-corrected chi connectivity index (χ2v) is 5.57. The average molecular weight is 282 g/mol. The van der Waals surface area contributed by atoms with Crippen LogP contribution in [-0.4, -0.2) is 41.0 Å². The predicted molar refractivity (Wildman–Crippen MR) is 73.7 cm³/mol. The Kier molecular flexibility index (Phi) is 5.30. The highest BCUT2D eigenvalue weighted by molar-refractivity contribution is 6.07. The quantitative estimate of drug-likeness (QED) is 0.538.